The third-order valence-electron chi connectivity index (χ3n) is 2.57. The number of hydrogen-bond donors (Lipinski definition) is 2. The highest BCUT2D eigenvalue weighted by atomic mass is 32.2. The molecule has 0 aliphatic carbocycles. The standard InChI is InChI=1S/C10H14N4O2S/c1-8-10(7-11-13-8)17(15,16)12-6-9-4-3-5-14(9)2/h3-5,7,12H,6H2,1-2H3,(H,11,13). The van der Waals surface area contributed by atoms with E-state index in [0.717, 1.165) is 5.69 Å². The molecule has 0 bridgehead atoms. The number of nitrogens with zero attached hydrogens (tertiary/aromatic N) is 2. The normalized spacial score (nSPS) is 11.9. The average molecular weight is 254 g/mol. The summed E-state index contributed by atoms with van der Waals surface area (Å²) in [7, 11) is -1.63. The predicted octanol–water partition coefficient (Wildman–Crippen LogP) is 0.535. The summed E-state index contributed by atoms with van der Waals surface area (Å²) in [6, 6.07) is 3.73. The van der Waals surface area contributed by atoms with Crippen LogP contribution in [0, 0.1) is 6.92 Å². The molecule has 6 nitrogen and oxygen atoms in total. The molecule has 7 heteroatoms. The summed E-state index contributed by atoms with van der Waals surface area (Å²) >= 11 is 0. The highest BCUT2D eigenvalue weighted by molar-refractivity contribution is 7.89. The van der Waals surface area contributed by atoms with Crippen LogP contribution in [0.1, 0.15) is 11.4 Å². The van der Waals surface area contributed by atoms with E-state index in [0.29, 0.717) is 5.69 Å². The number of H-pyrrole nitrogens is 1. The van der Waals surface area contributed by atoms with Crippen LogP contribution in [-0.4, -0.2) is 23.2 Å². The zero-order valence-corrected chi connectivity index (χ0v) is 10.5. The fourth-order valence-corrected chi connectivity index (χ4v) is 2.67. The lowest BCUT2D eigenvalue weighted by molar-refractivity contribution is 0.578. The highest BCUT2D eigenvalue weighted by Crippen LogP contribution is 2.11. The molecule has 0 atom stereocenters. The number of nitrogens with one attached hydrogen (secondary N) is 2. The van der Waals surface area contributed by atoms with Gasteiger partial charge in [-0.2, -0.15) is 5.10 Å². The van der Waals surface area contributed by atoms with Crippen molar-refractivity contribution in [2.24, 2.45) is 7.05 Å². The van der Waals surface area contributed by atoms with Crippen molar-refractivity contribution in [3.8, 4) is 0 Å². The van der Waals surface area contributed by atoms with Crippen molar-refractivity contribution < 1.29 is 8.42 Å². The molecule has 2 rings (SSSR count). The van der Waals surface area contributed by atoms with Gasteiger partial charge in [0, 0.05) is 18.9 Å². The Kier molecular flexibility index (Phi) is 3.03. The molecule has 2 aromatic rings. The number of aromatic nitrogens is 3. The van der Waals surface area contributed by atoms with Crippen molar-refractivity contribution in [3.63, 3.8) is 0 Å². The fourth-order valence-electron chi connectivity index (χ4n) is 1.54. The predicted molar refractivity (Wildman–Crippen MR) is 62.8 cm³/mol. The van der Waals surface area contributed by atoms with E-state index in [-0.39, 0.29) is 11.4 Å². The summed E-state index contributed by atoms with van der Waals surface area (Å²) in [6.45, 7) is 1.93. The first-order chi connectivity index (χ1) is 8.00. The molecule has 2 N–H and O–H groups in total. The van der Waals surface area contributed by atoms with E-state index < -0.39 is 10.0 Å². The quantitative estimate of drug-likeness (QED) is 0.835. The van der Waals surface area contributed by atoms with E-state index >= 15 is 0 Å². The van der Waals surface area contributed by atoms with Crippen LogP contribution < -0.4 is 4.72 Å². The largest absolute Gasteiger partial charge is 0.353 e. The van der Waals surface area contributed by atoms with Gasteiger partial charge in [-0.1, -0.05) is 0 Å². The van der Waals surface area contributed by atoms with Crippen LogP contribution in [0.4, 0.5) is 0 Å². The van der Waals surface area contributed by atoms with Gasteiger partial charge in [0.15, 0.2) is 0 Å². The second-order valence-electron chi connectivity index (χ2n) is 3.79. The van der Waals surface area contributed by atoms with Crippen LogP contribution in [0.15, 0.2) is 29.4 Å². The van der Waals surface area contributed by atoms with Gasteiger partial charge in [-0.3, -0.25) is 5.10 Å². The molecular weight excluding hydrogens is 240 g/mol. The Balaban J connectivity index is 2.15. The minimum absolute atomic E-state index is 0.187. The smallest absolute Gasteiger partial charge is 0.244 e. The van der Waals surface area contributed by atoms with Gasteiger partial charge in [-0.25, -0.2) is 13.1 Å². The van der Waals surface area contributed by atoms with Gasteiger partial charge in [0.1, 0.15) is 4.90 Å². The summed E-state index contributed by atoms with van der Waals surface area (Å²) in [6.07, 6.45) is 3.18. The van der Waals surface area contributed by atoms with E-state index in [9.17, 15) is 8.42 Å². The van der Waals surface area contributed by atoms with Gasteiger partial charge in [0.2, 0.25) is 10.0 Å². The second kappa shape index (κ2) is 4.34. The molecule has 17 heavy (non-hydrogen) atoms. The van der Waals surface area contributed by atoms with E-state index in [1.165, 1.54) is 6.20 Å². The molecule has 0 unspecified atom stereocenters. The summed E-state index contributed by atoms with van der Waals surface area (Å²) < 4.78 is 28.3. The molecule has 0 aromatic carbocycles. The Morgan fingerprint density at radius 1 is 1.53 bits per heavy atom. The monoisotopic (exact) mass is 254 g/mol. The first-order valence-electron chi connectivity index (χ1n) is 5.10. The van der Waals surface area contributed by atoms with Crippen LogP contribution >= 0.6 is 0 Å². The lowest BCUT2D eigenvalue weighted by Crippen LogP contribution is -2.24. The third kappa shape index (κ3) is 2.40. The molecule has 0 aliphatic rings. The average Bonchev–Trinajstić information content (AvgIpc) is 2.85. The Labute approximate surface area is 99.7 Å². The van der Waals surface area contributed by atoms with E-state index in [2.05, 4.69) is 14.9 Å². The molecule has 92 valence electrons. The molecule has 2 heterocycles. The van der Waals surface area contributed by atoms with Crippen molar-refractivity contribution in [2.45, 2.75) is 18.4 Å². The molecule has 0 saturated heterocycles. The molecule has 0 spiro atoms. The van der Waals surface area contributed by atoms with Gasteiger partial charge in [-0.15, -0.1) is 0 Å². The van der Waals surface area contributed by atoms with Crippen LogP contribution in [-0.2, 0) is 23.6 Å². The Morgan fingerprint density at radius 3 is 2.82 bits per heavy atom. The number of rotatable bonds is 4. The van der Waals surface area contributed by atoms with E-state index in [1.54, 1.807) is 6.92 Å². The van der Waals surface area contributed by atoms with Gasteiger partial charge in [0.25, 0.3) is 0 Å². The maximum atomic E-state index is 11.9. The molecule has 0 aliphatic heterocycles. The molecular formula is C10H14N4O2S. The van der Waals surface area contributed by atoms with Crippen LogP contribution in [0.3, 0.4) is 0 Å². The van der Waals surface area contributed by atoms with Gasteiger partial charge in [0.05, 0.1) is 18.4 Å². The summed E-state index contributed by atoms with van der Waals surface area (Å²) in [5, 5.41) is 6.31. The zero-order chi connectivity index (χ0) is 12.5. The first kappa shape index (κ1) is 11.9. The van der Waals surface area contributed by atoms with Gasteiger partial charge in [-0.05, 0) is 19.1 Å². The lowest BCUT2D eigenvalue weighted by atomic mass is 10.4. The Hall–Kier alpha value is -1.60. The molecule has 0 fully saturated rings. The number of aromatic amines is 1. The van der Waals surface area contributed by atoms with Crippen LogP contribution in [0.2, 0.25) is 0 Å². The maximum absolute atomic E-state index is 11.9. The Morgan fingerprint density at radius 2 is 2.29 bits per heavy atom. The molecule has 0 radical (unpaired) electrons. The van der Waals surface area contributed by atoms with Crippen LogP contribution in [0.25, 0.3) is 0 Å². The van der Waals surface area contributed by atoms with Crippen molar-refractivity contribution in [2.75, 3.05) is 0 Å². The topological polar surface area (TPSA) is 79.8 Å². The molecule has 0 amide bonds. The molecule has 0 saturated carbocycles. The second-order valence-corrected chi connectivity index (χ2v) is 5.53. The first-order valence-corrected chi connectivity index (χ1v) is 6.59. The SMILES string of the molecule is Cc1[nH]ncc1S(=O)(=O)NCc1cccn1C. The lowest BCUT2D eigenvalue weighted by Gasteiger charge is -2.06. The van der Waals surface area contributed by atoms with Crippen LogP contribution in [0.5, 0.6) is 0 Å². The maximum Gasteiger partial charge on any atom is 0.244 e. The Bertz CT molecular complexity index is 612. The summed E-state index contributed by atoms with van der Waals surface area (Å²) in [5.74, 6) is 0. The minimum Gasteiger partial charge on any atom is -0.353 e. The number of hydrogen-bond acceptors (Lipinski definition) is 3. The van der Waals surface area contributed by atoms with E-state index in [4.69, 9.17) is 0 Å². The number of aryl methyl sites for hydroxylation is 2. The van der Waals surface area contributed by atoms with Crippen molar-refractivity contribution in [1.29, 1.82) is 0 Å². The summed E-state index contributed by atoms with van der Waals surface area (Å²) in [5.41, 5.74) is 1.43. The third-order valence-corrected chi connectivity index (χ3v) is 4.08. The number of sulfonamides is 1. The molecule has 2 aromatic heterocycles. The fraction of sp³-hybridized carbons (Fsp3) is 0.300. The van der Waals surface area contributed by atoms with Crippen molar-refractivity contribution >= 4 is 10.0 Å². The summed E-state index contributed by atoms with van der Waals surface area (Å²) in [4.78, 5) is 0.187. The van der Waals surface area contributed by atoms with Gasteiger partial charge >= 0.3 is 0 Å². The van der Waals surface area contributed by atoms with E-state index in [1.807, 2.05) is 29.9 Å². The van der Waals surface area contributed by atoms with Crippen molar-refractivity contribution in [3.05, 3.63) is 35.9 Å². The highest BCUT2D eigenvalue weighted by Gasteiger charge is 2.18. The van der Waals surface area contributed by atoms with Gasteiger partial charge < -0.3 is 4.57 Å². The zero-order valence-electron chi connectivity index (χ0n) is 9.64. The minimum atomic E-state index is -3.50. The van der Waals surface area contributed by atoms with Crippen molar-refractivity contribution in [1.82, 2.24) is 19.5 Å².